The molecule has 7 nitrogen and oxygen atoms in total. The number of hydrogen-bond donors (Lipinski definition) is 1. The summed E-state index contributed by atoms with van der Waals surface area (Å²) in [6.45, 7) is 1.86. The molecule has 0 unspecified atom stereocenters. The summed E-state index contributed by atoms with van der Waals surface area (Å²) < 4.78 is 3.01. The molecular weight excluding hydrogens is 328 g/mol. The fourth-order valence-electron chi connectivity index (χ4n) is 2.79. The molecule has 0 saturated heterocycles. The molecule has 0 amide bonds. The number of H-pyrrole nitrogens is 1. The zero-order valence-corrected chi connectivity index (χ0v) is 14.1. The molecule has 4 aromatic rings. The van der Waals surface area contributed by atoms with Gasteiger partial charge in [0.2, 0.25) is 0 Å². The van der Waals surface area contributed by atoms with Crippen LogP contribution in [0.1, 0.15) is 16.8 Å². The van der Waals surface area contributed by atoms with Crippen LogP contribution >= 0.6 is 0 Å². The van der Waals surface area contributed by atoms with Crippen molar-refractivity contribution in [2.75, 3.05) is 0 Å². The molecule has 0 aliphatic heterocycles. The van der Waals surface area contributed by atoms with Crippen molar-refractivity contribution in [3.63, 3.8) is 0 Å². The van der Waals surface area contributed by atoms with Crippen LogP contribution < -0.4 is 5.56 Å². The Morgan fingerprint density at radius 2 is 1.58 bits per heavy atom. The molecule has 0 saturated carbocycles. The van der Waals surface area contributed by atoms with E-state index in [1.54, 1.807) is 0 Å². The lowest BCUT2D eigenvalue weighted by atomic mass is 10.0. The van der Waals surface area contributed by atoms with Crippen molar-refractivity contribution in [1.82, 2.24) is 24.7 Å². The SMILES string of the molecule is Cc1[nH]n(-c2ccccc2)c(=O)c1C(=Nn1cnnc1)c1ccccc1. The maximum absolute atomic E-state index is 13.1. The fourth-order valence-corrected chi connectivity index (χ4v) is 2.79. The topological polar surface area (TPSA) is 80.9 Å². The van der Waals surface area contributed by atoms with Gasteiger partial charge in [-0.05, 0) is 19.1 Å². The quantitative estimate of drug-likeness (QED) is 0.577. The largest absolute Gasteiger partial charge is 0.295 e. The molecule has 128 valence electrons. The van der Waals surface area contributed by atoms with Crippen molar-refractivity contribution in [2.24, 2.45) is 5.10 Å². The van der Waals surface area contributed by atoms with Crippen molar-refractivity contribution >= 4 is 5.71 Å². The lowest BCUT2D eigenvalue weighted by Gasteiger charge is -2.05. The van der Waals surface area contributed by atoms with E-state index in [1.807, 2.05) is 67.6 Å². The summed E-state index contributed by atoms with van der Waals surface area (Å²) in [6.07, 6.45) is 2.97. The first-order valence-corrected chi connectivity index (χ1v) is 8.10. The Bertz CT molecular complexity index is 1090. The molecule has 2 aromatic carbocycles. The molecule has 0 bridgehead atoms. The van der Waals surface area contributed by atoms with E-state index in [9.17, 15) is 4.79 Å². The number of para-hydroxylation sites is 1. The average Bonchev–Trinajstić information content (AvgIpc) is 3.29. The predicted octanol–water partition coefficient (Wildman–Crippen LogP) is 2.37. The number of benzene rings is 2. The molecule has 2 heterocycles. The van der Waals surface area contributed by atoms with Gasteiger partial charge in [0.15, 0.2) is 0 Å². The molecule has 0 fully saturated rings. The first kappa shape index (κ1) is 15.8. The lowest BCUT2D eigenvalue weighted by molar-refractivity contribution is 0.835. The van der Waals surface area contributed by atoms with Crippen LogP contribution in [0.15, 0.2) is 83.2 Å². The minimum Gasteiger partial charge on any atom is -0.295 e. The smallest absolute Gasteiger partial charge is 0.281 e. The highest BCUT2D eigenvalue weighted by Crippen LogP contribution is 2.13. The molecule has 0 spiro atoms. The average molecular weight is 344 g/mol. The van der Waals surface area contributed by atoms with Crippen LogP contribution in [0, 0.1) is 6.92 Å². The van der Waals surface area contributed by atoms with E-state index in [0.29, 0.717) is 11.3 Å². The highest BCUT2D eigenvalue weighted by atomic mass is 16.1. The van der Waals surface area contributed by atoms with Crippen molar-refractivity contribution in [3.8, 4) is 5.69 Å². The summed E-state index contributed by atoms with van der Waals surface area (Å²) in [4.78, 5) is 13.1. The van der Waals surface area contributed by atoms with E-state index in [4.69, 9.17) is 0 Å². The summed E-state index contributed by atoms with van der Waals surface area (Å²) >= 11 is 0. The van der Waals surface area contributed by atoms with Crippen molar-refractivity contribution in [1.29, 1.82) is 0 Å². The maximum Gasteiger partial charge on any atom is 0.281 e. The van der Waals surface area contributed by atoms with E-state index in [2.05, 4.69) is 20.4 Å². The maximum atomic E-state index is 13.1. The number of rotatable bonds is 4. The van der Waals surface area contributed by atoms with Gasteiger partial charge in [0.05, 0.1) is 11.3 Å². The summed E-state index contributed by atoms with van der Waals surface area (Å²) in [5.41, 5.74) is 3.23. The van der Waals surface area contributed by atoms with Gasteiger partial charge in [0, 0.05) is 11.3 Å². The zero-order chi connectivity index (χ0) is 17.9. The van der Waals surface area contributed by atoms with Crippen molar-refractivity contribution in [3.05, 3.63) is 100 Å². The number of nitrogens with one attached hydrogen (secondary N) is 1. The Balaban J connectivity index is 1.93. The van der Waals surface area contributed by atoms with Gasteiger partial charge in [-0.2, -0.15) is 5.10 Å². The highest BCUT2D eigenvalue weighted by Gasteiger charge is 2.19. The monoisotopic (exact) mass is 344 g/mol. The van der Waals surface area contributed by atoms with Crippen molar-refractivity contribution < 1.29 is 0 Å². The molecule has 1 N–H and O–H groups in total. The Morgan fingerprint density at radius 3 is 2.23 bits per heavy atom. The van der Waals surface area contributed by atoms with Gasteiger partial charge in [0.1, 0.15) is 18.4 Å². The molecule has 4 rings (SSSR count). The minimum atomic E-state index is -0.163. The molecule has 2 aromatic heterocycles. The molecular formula is C19H16N6O. The lowest BCUT2D eigenvalue weighted by Crippen LogP contribution is -2.22. The highest BCUT2D eigenvalue weighted by molar-refractivity contribution is 6.13. The Morgan fingerprint density at radius 1 is 0.962 bits per heavy atom. The van der Waals surface area contributed by atoms with Gasteiger partial charge in [0.25, 0.3) is 5.56 Å². The third-order valence-electron chi connectivity index (χ3n) is 3.99. The van der Waals surface area contributed by atoms with Gasteiger partial charge in [-0.15, -0.1) is 10.2 Å². The summed E-state index contributed by atoms with van der Waals surface area (Å²) in [6, 6.07) is 19.0. The minimum absolute atomic E-state index is 0.163. The third-order valence-corrected chi connectivity index (χ3v) is 3.99. The van der Waals surface area contributed by atoms with E-state index >= 15 is 0 Å². The van der Waals surface area contributed by atoms with Gasteiger partial charge < -0.3 is 0 Å². The molecule has 0 radical (unpaired) electrons. The van der Waals surface area contributed by atoms with Gasteiger partial charge in [-0.25, -0.2) is 9.36 Å². The van der Waals surface area contributed by atoms with Crippen LogP contribution in [-0.4, -0.2) is 30.4 Å². The second-order valence-electron chi connectivity index (χ2n) is 5.74. The van der Waals surface area contributed by atoms with Gasteiger partial charge in [-0.3, -0.25) is 9.89 Å². The molecule has 0 aliphatic rings. The van der Waals surface area contributed by atoms with Gasteiger partial charge in [-0.1, -0.05) is 48.5 Å². The summed E-state index contributed by atoms with van der Waals surface area (Å²) in [7, 11) is 0. The Kier molecular flexibility index (Phi) is 4.03. The third kappa shape index (κ3) is 2.86. The number of hydrogen-bond acceptors (Lipinski definition) is 4. The standard InChI is InChI=1S/C19H16N6O/c1-14-17(19(26)25(22-14)16-10-6-3-7-11-16)18(15-8-4-2-5-9-15)23-24-12-20-21-13-24/h2-13,22H,1H3. The Hall–Kier alpha value is -3.74. The van der Waals surface area contributed by atoms with Crippen LogP contribution in [0.4, 0.5) is 0 Å². The van der Waals surface area contributed by atoms with Crippen LogP contribution in [0.2, 0.25) is 0 Å². The number of nitrogens with zero attached hydrogens (tertiary/aromatic N) is 5. The number of aryl methyl sites for hydroxylation is 1. The number of aromatic nitrogens is 5. The molecule has 26 heavy (non-hydrogen) atoms. The van der Waals surface area contributed by atoms with Crippen LogP contribution in [-0.2, 0) is 0 Å². The predicted molar refractivity (Wildman–Crippen MR) is 98.6 cm³/mol. The number of aromatic amines is 1. The summed E-state index contributed by atoms with van der Waals surface area (Å²) in [5.74, 6) is 0. The van der Waals surface area contributed by atoms with E-state index in [0.717, 1.165) is 16.9 Å². The van der Waals surface area contributed by atoms with E-state index in [1.165, 1.54) is 22.0 Å². The second-order valence-corrected chi connectivity index (χ2v) is 5.74. The normalized spacial score (nSPS) is 11.7. The van der Waals surface area contributed by atoms with Gasteiger partial charge >= 0.3 is 0 Å². The molecule has 7 heteroatoms. The van der Waals surface area contributed by atoms with Crippen molar-refractivity contribution in [2.45, 2.75) is 6.92 Å². The molecule has 0 atom stereocenters. The Labute approximate surface area is 149 Å². The first-order chi connectivity index (χ1) is 12.7. The molecule has 0 aliphatic carbocycles. The van der Waals surface area contributed by atoms with Crippen LogP contribution in [0.5, 0.6) is 0 Å². The van der Waals surface area contributed by atoms with Crippen LogP contribution in [0.3, 0.4) is 0 Å². The first-order valence-electron chi connectivity index (χ1n) is 8.10. The second kappa shape index (κ2) is 6.64. The van der Waals surface area contributed by atoms with E-state index in [-0.39, 0.29) is 5.56 Å². The van der Waals surface area contributed by atoms with E-state index < -0.39 is 0 Å². The zero-order valence-electron chi connectivity index (χ0n) is 14.1. The fraction of sp³-hybridized carbons (Fsp3) is 0.0526. The summed E-state index contributed by atoms with van der Waals surface area (Å²) in [5, 5.41) is 15.3. The van der Waals surface area contributed by atoms with Crippen LogP contribution in [0.25, 0.3) is 5.69 Å².